The second-order valence-corrected chi connectivity index (χ2v) is 11.5. The van der Waals surface area contributed by atoms with Gasteiger partial charge in [0.1, 0.15) is 0 Å². The highest BCUT2D eigenvalue weighted by Crippen LogP contribution is 2.39. The molecule has 1 atom stereocenters. The number of nitrogens with zero attached hydrogens (tertiary/aromatic N) is 2. The zero-order valence-corrected chi connectivity index (χ0v) is 17.6. The monoisotopic (exact) mass is 425 g/mol. The molecule has 0 aromatic rings. The van der Waals surface area contributed by atoms with E-state index >= 15 is 0 Å². The molecular formula is C16H31N3O6S2. The van der Waals surface area contributed by atoms with Gasteiger partial charge in [-0.2, -0.15) is 17.0 Å². The summed E-state index contributed by atoms with van der Waals surface area (Å²) < 4.78 is 65.0. The molecule has 3 aliphatic rings. The fraction of sp³-hybridized carbons (Fsp3) is 1.00. The Labute approximate surface area is 162 Å². The first-order chi connectivity index (χ1) is 12.7. The van der Waals surface area contributed by atoms with Crippen LogP contribution < -0.4 is 4.72 Å². The molecule has 0 aromatic heterocycles. The van der Waals surface area contributed by atoms with Crippen molar-refractivity contribution in [3.05, 3.63) is 0 Å². The predicted octanol–water partition coefficient (Wildman–Crippen LogP) is -0.236. The first-order valence-electron chi connectivity index (χ1n) is 9.62. The van der Waals surface area contributed by atoms with Gasteiger partial charge in [-0.25, -0.2) is 13.1 Å². The number of sulfonamides is 1. The van der Waals surface area contributed by atoms with Gasteiger partial charge in [0.25, 0.3) is 10.2 Å². The third kappa shape index (κ3) is 5.62. The lowest BCUT2D eigenvalue weighted by Crippen LogP contribution is -2.55. The van der Waals surface area contributed by atoms with Crippen LogP contribution in [0.1, 0.15) is 32.1 Å². The third-order valence-corrected chi connectivity index (χ3v) is 8.53. The van der Waals surface area contributed by atoms with Crippen LogP contribution >= 0.6 is 0 Å². The van der Waals surface area contributed by atoms with Crippen LogP contribution in [0.3, 0.4) is 0 Å². The van der Waals surface area contributed by atoms with Crippen molar-refractivity contribution >= 4 is 20.2 Å². The van der Waals surface area contributed by atoms with Crippen LogP contribution in [0.25, 0.3) is 0 Å². The highest BCUT2D eigenvalue weighted by molar-refractivity contribution is 7.88. The Hall–Kier alpha value is -0.300. The second-order valence-electron chi connectivity index (χ2n) is 7.76. The van der Waals surface area contributed by atoms with Crippen molar-refractivity contribution in [3.63, 3.8) is 0 Å². The van der Waals surface area contributed by atoms with E-state index in [2.05, 4.69) is 4.72 Å². The topological polar surface area (TPSA) is 105 Å². The summed E-state index contributed by atoms with van der Waals surface area (Å²) in [7, 11) is -6.59. The van der Waals surface area contributed by atoms with Gasteiger partial charge in [-0.1, -0.05) is 0 Å². The van der Waals surface area contributed by atoms with Crippen LogP contribution in [0.5, 0.6) is 0 Å². The van der Waals surface area contributed by atoms with Gasteiger partial charge in [0.2, 0.25) is 10.0 Å². The minimum atomic E-state index is -3.43. The van der Waals surface area contributed by atoms with Crippen LogP contribution in [0.15, 0.2) is 0 Å². The van der Waals surface area contributed by atoms with E-state index < -0.39 is 20.2 Å². The van der Waals surface area contributed by atoms with Gasteiger partial charge in [-0.3, -0.25) is 0 Å². The molecule has 0 radical (unpaired) electrons. The number of hydrogen-bond donors (Lipinski definition) is 1. The largest absolute Gasteiger partial charge is 0.379 e. The number of hydrogen-bond acceptors (Lipinski definition) is 6. The van der Waals surface area contributed by atoms with E-state index in [1.807, 2.05) is 0 Å². The molecule has 3 aliphatic heterocycles. The molecule has 1 N–H and O–H groups in total. The van der Waals surface area contributed by atoms with E-state index in [1.54, 1.807) is 4.31 Å². The number of piperidine rings is 1. The first kappa shape index (κ1) is 21.4. The number of morpholine rings is 1. The predicted molar refractivity (Wildman–Crippen MR) is 101 cm³/mol. The smallest absolute Gasteiger partial charge is 0.282 e. The summed E-state index contributed by atoms with van der Waals surface area (Å²) in [6.07, 6.45) is 5.11. The molecule has 0 aromatic carbocycles. The molecule has 27 heavy (non-hydrogen) atoms. The van der Waals surface area contributed by atoms with E-state index in [0.29, 0.717) is 71.3 Å². The first-order valence-corrected chi connectivity index (χ1v) is 12.9. The molecule has 158 valence electrons. The molecule has 1 unspecified atom stereocenters. The number of ether oxygens (including phenoxy) is 2. The zero-order chi connectivity index (χ0) is 19.5. The number of nitrogens with one attached hydrogen (secondary N) is 1. The molecular weight excluding hydrogens is 394 g/mol. The van der Waals surface area contributed by atoms with Crippen LogP contribution in [0.2, 0.25) is 0 Å². The van der Waals surface area contributed by atoms with Crippen LogP contribution in [0, 0.1) is 5.92 Å². The summed E-state index contributed by atoms with van der Waals surface area (Å²) in [4.78, 5) is 0. The standard InChI is InChI=1S/C16H31N3O6S2/c1-26(20,21)17-6-2-15-3-11-25-16(14-15)4-7-18(8-5-16)27(22,23)19-9-12-24-13-10-19/h15,17H,2-14H2,1H3. The van der Waals surface area contributed by atoms with E-state index in [-0.39, 0.29) is 5.60 Å². The summed E-state index contributed by atoms with van der Waals surface area (Å²) >= 11 is 0. The quantitative estimate of drug-likeness (QED) is 0.630. The van der Waals surface area contributed by atoms with Gasteiger partial charge in [0.05, 0.1) is 25.1 Å². The van der Waals surface area contributed by atoms with Crippen LogP contribution in [-0.2, 0) is 29.7 Å². The highest BCUT2D eigenvalue weighted by Gasteiger charge is 2.43. The van der Waals surface area contributed by atoms with Crippen molar-refractivity contribution in [1.82, 2.24) is 13.3 Å². The van der Waals surface area contributed by atoms with Gasteiger partial charge in [-0.15, -0.1) is 0 Å². The molecule has 1 spiro atoms. The Balaban J connectivity index is 1.52. The van der Waals surface area contributed by atoms with Gasteiger partial charge in [0, 0.05) is 39.3 Å². The molecule has 0 aliphatic carbocycles. The van der Waals surface area contributed by atoms with Crippen molar-refractivity contribution in [3.8, 4) is 0 Å². The van der Waals surface area contributed by atoms with Gasteiger partial charge in [-0.05, 0) is 38.0 Å². The highest BCUT2D eigenvalue weighted by atomic mass is 32.2. The summed E-state index contributed by atoms with van der Waals surface area (Å²) in [6.45, 7) is 3.75. The molecule has 3 heterocycles. The SMILES string of the molecule is CS(=O)(=O)NCCC1CCOC2(CCN(S(=O)(=O)N3CCOCC3)CC2)C1. The van der Waals surface area contributed by atoms with E-state index in [9.17, 15) is 16.8 Å². The Bertz CT molecular complexity index is 698. The van der Waals surface area contributed by atoms with Crippen molar-refractivity contribution in [2.45, 2.75) is 37.7 Å². The molecule has 0 saturated carbocycles. The van der Waals surface area contributed by atoms with Gasteiger partial charge < -0.3 is 9.47 Å². The fourth-order valence-corrected chi connectivity index (χ4v) is 6.31. The zero-order valence-electron chi connectivity index (χ0n) is 15.9. The molecule has 0 bridgehead atoms. The molecule has 3 saturated heterocycles. The number of rotatable bonds is 6. The Morgan fingerprint density at radius 3 is 2.26 bits per heavy atom. The second kappa shape index (κ2) is 8.60. The summed E-state index contributed by atoms with van der Waals surface area (Å²) in [6, 6.07) is 0. The van der Waals surface area contributed by atoms with Gasteiger partial charge >= 0.3 is 0 Å². The van der Waals surface area contributed by atoms with Gasteiger partial charge in [0.15, 0.2) is 0 Å². The lowest BCUT2D eigenvalue weighted by molar-refractivity contribution is -0.121. The maximum atomic E-state index is 12.8. The fourth-order valence-electron chi connectivity index (χ4n) is 4.24. The van der Waals surface area contributed by atoms with Crippen molar-refractivity contribution in [2.75, 3.05) is 58.8 Å². The summed E-state index contributed by atoms with van der Waals surface area (Å²) in [5.41, 5.74) is -0.273. The maximum absolute atomic E-state index is 12.8. The summed E-state index contributed by atoms with van der Waals surface area (Å²) in [5.74, 6) is 0.399. The van der Waals surface area contributed by atoms with E-state index in [4.69, 9.17) is 9.47 Å². The minimum Gasteiger partial charge on any atom is -0.379 e. The Morgan fingerprint density at radius 1 is 1.00 bits per heavy atom. The molecule has 3 rings (SSSR count). The molecule has 11 heteroatoms. The van der Waals surface area contributed by atoms with Crippen LogP contribution in [-0.4, -0.2) is 89.8 Å². The lowest BCUT2D eigenvalue weighted by Gasteiger charge is -2.46. The molecule has 9 nitrogen and oxygen atoms in total. The lowest BCUT2D eigenvalue weighted by atomic mass is 9.79. The van der Waals surface area contributed by atoms with E-state index in [0.717, 1.165) is 19.3 Å². The normalized spacial score (nSPS) is 28.4. The average Bonchev–Trinajstić information content (AvgIpc) is 2.62. The van der Waals surface area contributed by atoms with Crippen molar-refractivity contribution in [1.29, 1.82) is 0 Å². The van der Waals surface area contributed by atoms with E-state index in [1.165, 1.54) is 10.6 Å². The minimum absolute atomic E-state index is 0.273. The maximum Gasteiger partial charge on any atom is 0.282 e. The summed E-state index contributed by atoms with van der Waals surface area (Å²) in [5, 5.41) is 0. The van der Waals surface area contributed by atoms with Crippen molar-refractivity contribution < 1.29 is 26.3 Å². The Kier molecular flexibility index (Phi) is 6.82. The van der Waals surface area contributed by atoms with Crippen LogP contribution in [0.4, 0.5) is 0 Å². The third-order valence-electron chi connectivity index (χ3n) is 5.77. The molecule has 0 amide bonds. The molecule has 3 fully saturated rings. The van der Waals surface area contributed by atoms with Crippen molar-refractivity contribution in [2.24, 2.45) is 5.92 Å². The average molecular weight is 426 g/mol. The Morgan fingerprint density at radius 2 is 1.63 bits per heavy atom.